The summed E-state index contributed by atoms with van der Waals surface area (Å²) in [4.78, 5) is 27.5. The van der Waals surface area contributed by atoms with E-state index in [4.69, 9.17) is 34.8 Å². The summed E-state index contributed by atoms with van der Waals surface area (Å²) in [5.41, 5.74) is 1.23. The number of rotatable bonds is 0. The van der Waals surface area contributed by atoms with Crippen LogP contribution in [-0.2, 0) is 0 Å². The maximum absolute atomic E-state index is 13.2. The van der Waals surface area contributed by atoms with Gasteiger partial charge in [-0.2, -0.15) is 0 Å². The number of benzene rings is 3. The third-order valence-corrected chi connectivity index (χ3v) is 6.92. The molecule has 1 heterocycles. The third-order valence-electron chi connectivity index (χ3n) is 4.94. The van der Waals surface area contributed by atoms with Crippen LogP contribution in [0.3, 0.4) is 0 Å². The van der Waals surface area contributed by atoms with E-state index in [0.717, 1.165) is 10.5 Å². The first-order valence-corrected chi connectivity index (χ1v) is 10.1. The minimum absolute atomic E-state index is 0.144. The van der Waals surface area contributed by atoms with E-state index in [-0.39, 0.29) is 11.2 Å². The molecule has 0 bridgehead atoms. The normalized spacial score (nSPS) is 15.9. The Morgan fingerprint density at radius 3 is 2.22 bits per heavy atom. The lowest BCUT2D eigenvalue weighted by molar-refractivity contribution is 0.105. The zero-order valence-electron chi connectivity index (χ0n) is 13.8. The summed E-state index contributed by atoms with van der Waals surface area (Å²) in [6.45, 7) is 1.85. The molecule has 0 saturated heterocycles. The molecule has 27 heavy (non-hydrogen) atoms. The van der Waals surface area contributed by atoms with E-state index in [0.29, 0.717) is 52.3 Å². The van der Waals surface area contributed by atoms with Crippen LogP contribution in [-0.4, -0.2) is 5.78 Å². The van der Waals surface area contributed by atoms with Crippen molar-refractivity contribution in [2.45, 2.75) is 11.8 Å². The van der Waals surface area contributed by atoms with E-state index >= 15 is 0 Å². The molecule has 6 heteroatoms. The molecule has 0 saturated carbocycles. The predicted molar refractivity (Wildman–Crippen MR) is 114 cm³/mol. The highest BCUT2D eigenvalue weighted by atomic mass is 35.5. The Morgan fingerprint density at radius 1 is 0.852 bits per heavy atom. The van der Waals surface area contributed by atoms with Crippen molar-refractivity contribution in [3.05, 3.63) is 78.0 Å². The zero-order chi connectivity index (χ0) is 19.0. The van der Waals surface area contributed by atoms with Gasteiger partial charge in [0.15, 0.2) is 5.43 Å². The number of thioether (sulfide) groups is 1. The van der Waals surface area contributed by atoms with Crippen LogP contribution >= 0.6 is 46.6 Å². The number of ketones is 1. The molecule has 0 amide bonds. The Kier molecular flexibility index (Phi) is 3.76. The Hall–Kier alpha value is -1.78. The maximum Gasteiger partial charge on any atom is 0.201 e. The van der Waals surface area contributed by atoms with Crippen molar-refractivity contribution in [2.75, 3.05) is 0 Å². The molecule has 0 aliphatic carbocycles. The average Bonchev–Trinajstić information content (AvgIpc) is 3.07. The average molecular weight is 432 g/mol. The summed E-state index contributed by atoms with van der Waals surface area (Å²) in [7, 11) is 0. The van der Waals surface area contributed by atoms with Gasteiger partial charge in [0.2, 0.25) is 5.78 Å². The van der Waals surface area contributed by atoms with Gasteiger partial charge in [-0.25, -0.2) is 0 Å². The van der Waals surface area contributed by atoms with Gasteiger partial charge in [0.25, 0.3) is 0 Å². The second-order valence-electron chi connectivity index (χ2n) is 6.50. The minimum atomic E-state index is -0.179. The van der Waals surface area contributed by atoms with Crippen molar-refractivity contribution in [1.82, 2.24) is 0 Å². The summed E-state index contributed by atoms with van der Waals surface area (Å²) in [6, 6.07) is 10.4. The fraction of sp³-hybridized carbons (Fsp3) is 0.0476. The largest absolute Gasteiger partial charge is 0.289 e. The molecule has 0 atom stereocenters. The number of halogens is 3. The van der Waals surface area contributed by atoms with E-state index in [1.807, 2.05) is 6.92 Å². The lowest BCUT2D eigenvalue weighted by atomic mass is 10.0. The smallest absolute Gasteiger partial charge is 0.201 e. The fourth-order valence-corrected chi connectivity index (χ4v) is 5.98. The topological polar surface area (TPSA) is 34.1 Å². The van der Waals surface area contributed by atoms with Gasteiger partial charge in [0, 0.05) is 46.9 Å². The van der Waals surface area contributed by atoms with Crippen LogP contribution in [0.2, 0.25) is 15.1 Å². The summed E-state index contributed by atoms with van der Waals surface area (Å²) < 4.78 is 0. The van der Waals surface area contributed by atoms with Crippen LogP contribution in [0.25, 0.3) is 26.5 Å². The molecule has 4 aromatic rings. The fourth-order valence-electron chi connectivity index (χ4n) is 3.81. The molecule has 0 N–H and O–H groups in total. The molecule has 1 aliphatic heterocycles. The molecular formula is C21H9Cl3O2S. The standard InChI is InChI=1S/C21H9Cl3O2S/c1-8-6-9(22)7-14-15(8)20(26)21(27-14)17-10-2-4-12(23)18-13(24)5-3-11(16(10)18)19(17)25/h2-7H,1H3. The quantitative estimate of drug-likeness (QED) is 0.349. The first-order valence-electron chi connectivity index (χ1n) is 8.11. The highest BCUT2D eigenvalue weighted by Crippen LogP contribution is 2.44. The van der Waals surface area contributed by atoms with Gasteiger partial charge in [-0.15, -0.1) is 0 Å². The Morgan fingerprint density at radius 2 is 1.52 bits per heavy atom. The van der Waals surface area contributed by atoms with Gasteiger partial charge in [0.05, 0.1) is 4.91 Å². The van der Waals surface area contributed by atoms with E-state index in [9.17, 15) is 9.59 Å². The van der Waals surface area contributed by atoms with Crippen LogP contribution in [0, 0.1) is 6.92 Å². The summed E-state index contributed by atoms with van der Waals surface area (Å²) in [5, 5.41) is 4.52. The highest BCUT2D eigenvalue weighted by molar-refractivity contribution is 8.10. The predicted octanol–water partition coefficient (Wildman–Crippen LogP) is 5.88. The van der Waals surface area contributed by atoms with Crippen molar-refractivity contribution in [3.8, 4) is 0 Å². The van der Waals surface area contributed by atoms with Gasteiger partial charge < -0.3 is 0 Å². The molecule has 4 aromatic carbocycles. The van der Waals surface area contributed by atoms with Gasteiger partial charge in [0.1, 0.15) is 0 Å². The number of carbonyl (C=O) groups excluding carboxylic acids is 1. The number of hydrogen-bond acceptors (Lipinski definition) is 3. The van der Waals surface area contributed by atoms with E-state index in [2.05, 4.69) is 0 Å². The molecule has 0 fully saturated rings. The van der Waals surface area contributed by atoms with Crippen LogP contribution < -0.4 is 10.6 Å². The Balaban J connectivity index is 1.97. The lowest BCUT2D eigenvalue weighted by Crippen LogP contribution is -2.23. The molecule has 0 aromatic heterocycles. The summed E-state index contributed by atoms with van der Waals surface area (Å²) >= 11 is 20.1. The second-order valence-corrected chi connectivity index (χ2v) is 8.80. The van der Waals surface area contributed by atoms with Gasteiger partial charge >= 0.3 is 0 Å². The zero-order valence-corrected chi connectivity index (χ0v) is 16.9. The number of fused-ring (bicyclic) bond motifs is 1. The van der Waals surface area contributed by atoms with Crippen molar-refractivity contribution >= 4 is 78.8 Å². The van der Waals surface area contributed by atoms with Crippen LogP contribution in [0.5, 0.6) is 0 Å². The van der Waals surface area contributed by atoms with Crippen molar-refractivity contribution in [1.29, 1.82) is 0 Å². The Bertz CT molecular complexity index is 1420. The molecule has 1 aliphatic rings. The van der Waals surface area contributed by atoms with Gasteiger partial charge in [-0.05, 0) is 48.2 Å². The monoisotopic (exact) mass is 430 g/mol. The minimum Gasteiger partial charge on any atom is -0.289 e. The SMILES string of the molecule is Cc1cc(Cl)cc2c1C(=O)C(=c1c(=O)c3ccc(Cl)c4c(Cl)ccc1c43)S2. The molecular weight excluding hydrogens is 423 g/mol. The maximum atomic E-state index is 13.2. The first kappa shape index (κ1) is 17.3. The van der Waals surface area contributed by atoms with Crippen molar-refractivity contribution in [2.24, 2.45) is 0 Å². The molecule has 5 rings (SSSR count). The molecule has 0 spiro atoms. The molecule has 2 nitrogen and oxygen atoms in total. The van der Waals surface area contributed by atoms with Crippen LogP contribution in [0.15, 0.2) is 46.1 Å². The van der Waals surface area contributed by atoms with Crippen molar-refractivity contribution in [3.63, 3.8) is 0 Å². The van der Waals surface area contributed by atoms with E-state index in [1.165, 1.54) is 11.8 Å². The summed E-state index contributed by atoms with van der Waals surface area (Å²) in [6.07, 6.45) is 0. The van der Waals surface area contributed by atoms with Crippen molar-refractivity contribution < 1.29 is 4.79 Å². The van der Waals surface area contributed by atoms with Gasteiger partial charge in [-0.1, -0.05) is 52.6 Å². The number of aryl methyl sites for hydroxylation is 1. The molecule has 0 unspecified atom stereocenters. The van der Waals surface area contributed by atoms with Gasteiger partial charge in [-0.3, -0.25) is 9.59 Å². The Labute approximate surface area is 173 Å². The highest BCUT2D eigenvalue weighted by Gasteiger charge is 2.31. The van der Waals surface area contributed by atoms with E-state index in [1.54, 1.807) is 36.4 Å². The third kappa shape index (κ3) is 2.29. The lowest BCUT2D eigenvalue weighted by Gasteiger charge is -2.03. The number of carbonyl (C=O) groups is 1. The van der Waals surface area contributed by atoms with Crippen LogP contribution in [0.1, 0.15) is 15.9 Å². The number of hydrogen-bond donors (Lipinski definition) is 0. The first-order chi connectivity index (χ1) is 12.9. The molecule has 132 valence electrons. The molecule has 0 radical (unpaired) electrons. The van der Waals surface area contributed by atoms with E-state index < -0.39 is 0 Å². The van der Waals surface area contributed by atoms with Crippen LogP contribution in [0.4, 0.5) is 0 Å². The second kappa shape index (κ2) is 5.86. The summed E-state index contributed by atoms with van der Waals surface area (Å²) in [5.74, 6) is -0.144. The number of Topliss-reactive ketones (excluding diaryl/α,β-unsaturated/α-hetero) is 1.